The molecule has 0 saturated carbocycles. The van der Waals surface area contributed by atoms with Crippen molar-refractivity contribution in [1.29, 1.82) is 0 Å². The van der Waals surface area contributed by atoms with Crippen molar-refractivity contribution in [3.8, 4) is 0 Å². The van der Waals surface area contributed by atoms with E-state index in [0.717, 1.165) is 103 Å². The second-order valence-corrected chi connectivity index (χ2v) is 26.7. The highest BCUT2D eigenvalue weighted by Crippen LogP contribution is 2.33. The Morgan fingerprint density at radius 1 is 0.385 bits per heavy atom. The topological polar surface area (TPSA) is 307 Å². The van der Waals surface area contributed by atoms with Gasteiger partial charge in [0.2, 0.25) is 5.91 Å². The van der Waals surface area contributed by atoms with E-state index in [-0.39, 0.29) is 18.9 Å². The highest BCUT2D eigenvalue weighted by Gasteiger charge is 2.53. The zero-order chi connectivity index (χ0) is 69.6. The third kappa shape index (κ3) is 38.1. The van der Waals surface area contributed by atoms with Gasteiger partial charge >= 0.3 is 0 Å². The zero-order valence-corrected chi connectivity index (χ0v) is 59.1. The molecule has 1 amide bonds. The van der Waals surface area contributed by atoms with Crippen LogP contribution in [-0.4, -0.2) is 193 Å². The number of hydrogen-bond donors (Lipinski definition) is 12. The molecule has 3 aliphatic heterocycles. The summed E-state index contributed by atoms with van der Waals surface area (Å²) in [6.45, 7) is 1.70. The molecule has 96 heavy (non-hydrogen) atoms. The monoisotopic (exact) mass is 1360 g/mol. The molecule has 0 bridgehead atoms. The van der Waals surface area contributed by atoms with Crippen LogP contribution < -0.4 is 5.32 Å². The SMILES string of the molecule is CC/C=C\C/C=C\C/C=C\C/C=C\C/C=C\C/C=C\C/C=C\CCCCCCCCCCCC(=O)NC(COC1OC(CO)C(OC2OC(CO)C(OC3OC(CO)C(O)C(O)C3O)C(O)C2O)C(O)C1O)C(O)CCCCCCCCCCCCCCCCCCCCCC. The number of ether oxygens (including phenoxy) is 6. The van der Waals surface area contributed by atoms with Gasteiger partial charge in [-0.2, -0.15) is 0 Å². The van der Waals surface area contributed by atoms with E-state index in [1.165, 1.54) is 128 Å². The number of rotatable bonds is 58. The Kier molecular flexibility index (Phi) is 52.3. The first-order valence-electron chi connectivity index (χ1n) is 37.8. The minimum Gasteiger partial charge on any atom is -0.394 e. The number of aliphatic hydroxyl groups is 11. The molecule has 0 aliphatic carbocycles. The maximum atomic E-state index is 13.5. The molecule has 17 atom stereocenters. The molecular formula is C77H135NO18. The molecule has 12 N–H and O–H groups in total. The fraction of sp³-hybridized carbons (Fsp3) is 0.805. The summed E-state index contributed by atoms with van der Waals surface area (Å²) in [4.78, 5) is 13.5. The Balaban J connectivity index is 1.39. The summed E-state index contributed by atoms with van der Waals surface area (Å²) in [5, 5.41) is 121. The summed E-state index contributed by atoms with van der Waals surface area (Å²) < 4.78 is 34.5. The first kappa shape index (κ1) is 87.2. The van der Waals surface area contributed by atoms with Crippen LogP contribution in [0.5, 0.6) is 0 Å². The fourth-order valence-corrected chi connectivity index (χ4v) is 12.4. The number of carbonyl (C=O) groups is 1. The van der Waals surface area contributed by atoms with Crippen LogP contribution in [-0.2, 0) is 33.2 Å². The van der Waals surface area contributed by atoms with Gasteiger partial charge in [-0.05, 0) is 70.6 Å². The molecule has 17 unspecified atom stereocenters. The maximum Gasteiger partial charge on any atom is 0.220 e. The second kappa shape index (κ2) is 57.6. The minimum atomic E-state index is -1.98. The van der Waals surface area contributed by atoms with Crippen LogP contribution in [0.25, 0.3) is 0 Å². The van der Waals surface area contributed by atoms with Gasteiger partial charge < -0.3 is 89.9 Å². The number of aliphatic hydroxyl groups excluding tert-OH is 11. The molecule has 3 fully saturated rings. The molecule has 0 aromatic rings. The Morgan fingerprint density at radius 3 is 1.12 bits per heavy atom. The average Bonchev–Trinajstić information content (AvgIpc) is 0.786. The molecule has 0 radical (unpaired) electrons. The van der Waals surface area contributed by atoms with E-state index in [0.29, 0.717) is 12.8 Å². The normalized spacial score (nSPS) is 27.5. The van der Waals surface area contributed by atoms with Crippen LogP contribution in [0.3, 0.4) is 0 Å². The smallest absolute Gasteiger partial charge is 0.220 e. The Morgan fingerprint density at radius 2 is 0.719 bits per heavy atom. The van der Waals surface area contributed by atoms with Crippen molar-refractivity contribution < 1.29 is 89.4 Å². The summed E-state index contributed by atoms with van der Waals surface area (Å²) in [5.74, 6) is -0.250. The standard InChI is InChI=1S/C77H135NO18/c1-3-5-7-9-11-13-15-17-19-21-23-25-26-27-28-29-30-31-32-33-34-35-37-39-41-43-45-47-49-51-53-55-65(83)78-60(61(82)54-52-50-48-46-44-42-40-38-36-24-22-20-18-16-14-12-10-8-6-4-2)59-91-75-71(89)68(86)73(63(57-80)93-75)96-77-72(90)69(87)74(64(58-81)94-77)95-76-70(88)67(85)66(84)62(56-79)92-76/h5,7,11,13,17,19,23,25,27-28,30-31,33-34,60-64,66-77,79-82,84-90H,3-4,6,8-10,12,14-16,18,20-22,24,26,29,32,35-59H2,1-2H3,(H,78,83)/b7-5-,13-11-,19-17-,25-23-,28-27-,31-30-,34-33-. The quantitative estimate of drug-likeness (QED) is 0.0199. The number of hydrogen-bond acceptors (Lipinski definition) is 18. The highest BCUT2D eigenvalue weighted by atomic mass is 16.8. The van der Waals surface area contributed by atoms with E-state index >= 15 is 0 Å². The minimum absolute atomic E-state index is 0.250. The number of nitrogens with one attached hydrogen (secondary N) is 1. The lowest BCUT2D eigenvalue weighted by Gasteiger charge is -2.48. The third-order valence-corrected chi connectivity index (χ3v) is 18.5. The fourth-order valence-electron chi connectivity index (χ4n) is 12.4. The number of carbonyl (C=O) groups excluding carboxylic acids is 1. The summed E-state index contributed by atoms with van der Waals surface area (Å²) >= 11 is 0. The summed E-state index contributed by atoms with van der Waals surface area (Å²) in [5.41, 5.74) is 0. The summed E-state index contributed by atoms with van der Waals surface area (Å²) in [6.07, 6.45) is 47.9. The van der Waals surface area contributed by atoms with Crippen LogP contribution in [0, 0.1) is 0 Å². The maximum absolute atomic E-state index is 13.5. The van der Waals surface area contributed by atoms with Gasteiger partial charge in [-0.3, -0.25) is 4.79 Å². The van der Waals surface area contributed by atoms with Crippen molar-refractivity contribution in [2.45, 2.75) is 369 Å². The van der Waals surface area contributed by atoms with Crippen LogP contribution >= 0.6 is 0 Å². The average molecular weight is 1360 g/mol. The van der Waals surface area contributed by atoms with Crippen molar-refractivity contribution >= 4 is 5.91 Å². The molecule has 3 saturated heterocycles. The van der Waals surface area contributed by atoms with E-state index in [1.807, 2.05) is 0 Å². The van der Waals surface area contributed by atoms with Gasteiger partial charge in [0, 0.05) is 6.42 Å². The Bertz CT molecular complexity index is 2070. The summed E-state index contributed by atoms with van der Waals surface area (Å²) in [6, 6.07) is -0.897. The van der Waals surface area contributed by atoms with E-state index in [9.17, 15) is 61.0 Å². The number of unbranched alkanes of at least 4 members (excludes halogenated alkanes) is 28. The Hall–Kier alpha value is -3.03. The lowest BCUT2D eigenvalue weighted by molar-refractivity contribution is -0.379. The van der Waals surface area contributed by atoms with Gasteiger partial charge in [0.05, 0.1) is 38.6 Å². The van der Waals surface area contributed by atoms with Gasteiger partial charge in [0.1, 0.15) is 73.2 Å². The molecule has 3 heterocycles. The van der Waals surface area contributed by atoms with Gasteiger partial charge in [0.25, 0.3) is 0 Å². The lowest BCUT2D eigenvalue weighted by Crippen LogP contribution is -2.66. The molecule has 19 nitrogen and oxygen atoms in total. The van der Waals surface area contributed by atoms with E-state index in [1.54, 1.807) is 0 Å². The molecule has 556 valence electrons. The van der Waals surface area contributed by atoms with Crippen molar-refractivity contribution in [3.63, 3.8) is 0 Å². The van der Waals surface area contributed by atoms with Crippen LogP contribution in [0.1, 0.15) is 264 Å². The lowest BCUT2D eigenvalue weighted by atomic mass is 9.96. The Labute approximate surface area is 578 Å². The van der Waals surface area contributed by atoms with Gasteiger partial charge in [-0.25, -0.2) is 0 Å². The van der Waals surface area contributed by atoms with Crippen LogP contribution in [0.2, 0.25) is 0 Å². The predicted octanol–water partition coefficient (Wildman–Crippen LogP) is 11.4. The third-order valence-electron chi connectivity index (χ3n) is 18.5. The van der Waals surface area contributed by atoms with E-state index < -0.39 is 124 Å². The molecule has 3 aliphatic rings. The predicted molar refractivity (Wildman–Crippen MR) is 378 cm³/mol. The van der Waals surface area contributed by atoms with Gasteiger partial charge in [-0.15, -0.1) is 0 Å². The van der Waals surface area contributed by atoms with Crippen molar-refractivity contribution in [3.05, 3.63) is 85.1 Å². The van der Waals surface area contributed by atoms with E-state index in [2.05, 4.69) is 104 Å². The van der Waals surface area contributed by atoms with Gasteiger partial charge in [-0.1, -0.05) is 272 Å². The van der Waals surface area contributed by atoms with Crippen molar-refractivity contribution in [1.82, 2.24) is 5.32 Å². The van der Waals surface area contributed by atoms with Crippen molar-refractivity contribution in [2.75, 3.05) is 26.4 Å². The molecule has 0 aromatic heterocycles. The molecule has 0 aromatic carbocycles. The zero-order valence-electron chi connectivity index (χ0n) is 59.1. The van der Waals surface area contributed by atoms with Crippen molar-refractivity contribution in [2.24, 2.45) is 0 Å². The second-order valence-electron chi connectivity index (χ2n) is 26.7. The number of amides is 1. The van der Waals surface area contributed by atoms with Gasteiger partial charge in [0.15, 0.2) is 18.9 Å². The van der Waals surface area contributed by atoms with Crippen LogP contribution in [0.4, 0.5) is 0 Å². The number of allylic oxidation sites excluding steroid dienone is 14. The van der Waals surface area contributed by atoms with Crippen LogP contribution in [0.15, 0.2) is 85.1 Å². The van der Waals surface area contributed by atoms with E-state index in [4.69, 9.17) is 28.4 Å². The molecule has 19 heteroatoms. The molecule has 3 rings (SSSR count). The highest BCUT2D eigenvalue weighted by molar-refractivity contribution is 5.76. The first-order chi connectivity index (χ1) is 46.8. The molecule has 0 spiro atoms. The summed E-state index contributed by atoms with van der Waals surface area (Å²) in [7, 11) is 0. The first-order valence-corrected chi connectivity index (χ1v) is 37.8. The largest absolute Gasteiger partial charge is 0.394 e. The molecular weight excluding hydrogens is 1230 g/mol.